The molecule has 0 bridgehead atoms. The number of hydrogen-bond acceptors (Lipinski definition) is 2. The minimum absolute atomic E-state index is 0.0440. The Kier molecular flexibility index (Phi) is 3.58. The first-order valence-electron chi connectivity index (χ1n) is 5.94. The number of hydrogen-bond donors (Lipinski definition) is 1. The molecule has 0 aliphatic rings. The van der Waals surface area contributed by atoms with Gasteiger partial charge in [-0.2, -0.15) is 0 Å². The van der Waals surface area contributed by atoms with E-state index < -0.39 is 0 Å². The highest BCUT2D eigenvalue weighted by molar-refractivity contribution is 6.30. The SMILES string of the molecule is CC(C)(Cc1ccc(N)nc1)c1ccc(Cl)cc1. The van der Waals surface area contributed by atoms with Crippen molar-refractivity contribution in [2.45, 2.75) is 25.7 Å². The Balaban J connectivity index is 2.20. The molecule has 0 unspecified atom stereocenters. The van der Waals surface area contributed by atoms with Crippen LogP contribution in [0.25, 0.3) is 0 Å². The van der Waals surface area contributed by atoms with Crippen LogP contribution in [-0.2, 0) is 11.8 Å². The fourth-order valence-corrected chi connectivity index (χ4v) is 2.18. The minimum atomic E-state index is 0.0440. The van der Waals surface area contributed by atoms with Crippen molar-refractivity contribution >= 4 is 17.4 Å². The number of nitrogens with two attached hydrogens (primary N) is 1. The summed E-state index contributed by atoms with van der Waals surface area (Å²) in [5.41, 5.74) is 8.09. The fraction of sp³-hybridized carbons (Fsp3) is 0.267. The van der Waals surface area contributed by atoms with Crippen LogP contribution in [-0.4, -0.2) is 4.98 Å². The number of anilines is 1. The van der Waals surface area contributed by atoms with E-state index in [0.29, 0.717) is 5.82 Å². The molecule has 2 aromatic rings. The first-order chi connectivity index (χ1) is 8.47. The number of rotatable bonds is 3. The van der Waals surface area contributed by atoms with E-state index in [0.717, 1.165) is 11.4 Å². The van der Waals surface area contributed by atoms with Crippen molar-refractivity contribution in [1.82, 2.24) is 4.98 Å². The fourth-order valence-electron chi connectivity index (χ4n) is 2.05. The molecule has 0 amide bonds. The lowest BCUT2D eigenvalue weighted by molar-refractivity contribution is 0.521. The van der Waals surface area contributed by atoms with Gasteiger partial charge in [0, 0.05) is 11.2 Å². The summed E-state index contributed by atoms with van der Waals surface area (Å²) in [5.74, 6) is 0.558. The first-order valence-corrected chi connectivity index (χ1v) is 6.32. The van der Waals surface area contributed by atoms with Gasteiger partial charge in [0.1, 0.15) is 5.82 Å². The minimum Gasteiger partial charge on any atom is -0.384 e. The van der Waals surface area contributed by atoms with Crippen LogP contribution in [0.2, 0.25) is 5.02 Å². The van der Waals surface area contributed by atoms with E-state index in [4.69, 9.17) is 17.3 Å². The molecule has 0 atom stereocenters. The summed E-state index contributed by atoms with van der Waals surface area (Å²) >= 11 is 5.92. The summed E-state index contributed by atoms with van der Waals surface area (Å²) in [6.45, 7) is 4.43. The summed E-state index contributed by atoms with van der Waals surface area (Å²) < 4.78 is 0. The molecule has 2 rings (SSSR count). The van der Waals surface area contributed by atoms with Gasteiger partial charge in [0.2, 0.25) is 0 Å². The molecule has 0 radical (unpaired) electrons. The van der Waals surface area contributed by atoms with E-state index in [-0.39, 0.29) is 5.41 Å². The molecule has 18 heavy (non-hydrogen) atoms. The molecule has 2 nitrogen and oxygen atoms in total. The zero-order chi connectivity index (χ0) is 13.2. The number of halogens is 1. The van der Waals surface area contributed by atoms with Crippen LogP contribution in [0.5, 0.6) is 0 Å². The maximum atomic E-state index is 5.92. The summed E-state index contributed by atoms with van der Waals surface area (Å²) in [5, 5.41) is 0.767. The monoisotopic (exact) mass is 260 g/mol. The van der Waals surface area contributed by atoms with E-state index >= 15 is 0 Å². The molecule has 3 heteroatoms. The average molecular weight is 261 g/mol. The van der Waals surface area contributed by atoms with Crippen molar-refractivity contribution in [1.29, 1.82) is 0 Å². The molecule has 1 aromatic heterocycles. The average Bonchev–Trinajstić information content (AvgIpc) is 2.32. The molecule has 94 valence electrons. The Morgan fingerprint density at radius 3 is 2.33 bits per heavy atom. The molecule has 0 spiro atoms. The largest absolute Gasteiger partial charge is 0.384 e. The zero-order valence-corrected chi connectivity index (χ0v) is 11.4. The predicted molar refractivity (Wildman–Crippen MR) is 76.8 cm³/mol. The molecule has 0 fully saturated rings. The number of nitrogens with zero attached hydrogens (tertiary/aromatic N) is 1. The number of aromatic nitrogens is 1. The van der Waals surface area contributed by atoms with Crippen LogP contribution < -0.4 is 5.73 Å². The second kappa shape index (κ2) is 4.99. The summed E-state index contributed by atoms with van der Waals surface area (Å²) in [7, 11) is 0. The van der Waals surface area contributed by atoms with Crippen LogP contribution in [0.4, 0.5) is 5.82 Å². The van der Waals surface area contributed by atoms with Gasteiger partial charge >= 0.3 is 0 Å². The molecule has 1 heterocycles. The van der Waals surface area contributed by atoms with Crippen LogP contribution in [0.15, 0.2) is 42.6 Å². The predicted octanol–water partition coefficient (Wildman–Crippen LogP) is 3.84. The van der Waals surface area contributed by atoms with Gasteiger partial charge in [-0.3, -0.25) is 0 Å². The van der Waals surface area contributed by atoms with Crippen molar-refractivity contribution in [3.05, 3.63) is 58.7 Å². The number of benzene rings is 1. The van der Waals surface area contributed by atoms with Gasteiger partial charge < -0.3 is 5.73 Å². The molecular weight excluding hydrogens is 244 g/mol. The van der Waals surface area contributed by atoms with E-state index in [1.165, 1.54) is 11.1 Å². The van der Waals surface area contributed by atoms with Crippen molar-refractivity contribution in [3.8, 4) is 0 Å². The lowest BCUT2D eigenvalue weighted by atomic mass is 9.79. The summed E-state index contributed by atoms with van der Waals surface area (Å²) in [6, 6.07) is 11.9. The Bertz CT molecular complexity index is 515. The molecule has 0 aliphatic heterocycles. The van der Waals surface area contributed by atoms with Crippen LogP contribution >= 0.6 is 11.6 Å². The van der Waals surface area contributed by atoms with Crippen molar-refractivity contribution in [2.24, 2.45) is 0 Å². The van der Waals surface area contributed by atoms with Gasteiger partial charge in [-0.15, -0.1) is 0 Å². The van der Waals surface area contributed by atoms with Gasteiger partial charge in [-0.05, 0) is 41.2 Å². The number of nitrogen functional groups attached to an aromatic ring is 1. The highest BCUT2D eigenvalue weighted by Crippen LogP contribution is 2.28. The van der Waals surface area contributed by atoms with Crippen LogP contribution in [0.1, 0.15) is 25.0 Å². The van der Waals surface area contributed by atoms with E-state index in [9.17, 15) is 0 Å². The summed E-state index contributed by atoms with van der Waals surface area (Å²) in [4.78, 5) is 4.13. The molecule has 0 saturated carbocycles. The van der Waals surface area contributed by atoms with Gasteiger partial charge in [0.25, 0.3) is 0 Å². The molecule has 1 aromatic carbocycles. The maximum Gasteiger partial charge on any atom is 0.123 e. The topological polar surface area (TPSA) is 38.9 Å². The Morgan fingerprint density at radius 2 is 1.78 bits per heavy atom. The van der Waals surface area contributed by atoms with Crippen LogP contribution in [0, 0.1) is 0 Å². The Morgan fingerprint density at radius 1 is 1.11 bits per heavy atom. The third-order valence-corrected chi connectivity index (χ3v) is 3.37. The quantitative estimate of drug-likeness (QED) is 0.911. The standard InChI is InChI=1S/C15H17ClN2/c1-15(2,12-4-6-13(16)7-5-12)9-11-3-8-14(17)18-10-11/h3-8,10H,9H2,1-2H3,(H2,17,18). The zero-order valence-electron chi connectivity index (χ0n) is 10.7. The summed E-state index contributed by atoms with van der Waals surface area (Å²) in [6.07, 6.45) is 2.76. The molecule has 0 saturated heterocycles. The van der Waals surface area contributed by atoms with Gasteiger partial charge in [0.05, 0.1) is 0 Å². The van der Waals surface area contributed by atoms with E-state index in [1.54, 1.807) is 0 Å². The second-order valence-corrected chi connectivity index (χ2v) is 5.60. The molecular formula is C15H17ClN2. The number of pyridine rings is 1. The van der Waals surface area contributed by atoms with E-state index in [2.05, 4.69) is 31.0 Å². The van der Waals surface area contributed by atoms with Crippen LogP contribution in [0.3, 0.4) is 0 Å². The Labute approximate surface area is 113 Å². The highest BCUT2D eigenvalue weighted by atomic mass is 35.5. The first kappa shape index (κ1) is 12.9. The highest BCUT2D eigenvalue weighted by Gasteiger charge is 2.21. The smallest absolute Gasteiger partial charge is 0.123 e. The second-order valence-electron chi connectivity index (χ2n) is 5.16. The molecule has 2 N–H and O–H groups in total. The lowest BCUT2D eigenvalue weighted by Crippen LogP contribution is -2.20. The van der Waals surface area contributed by atoms with Gasteiger partial charge in [-0.1, -0.05) is 43.6 Å². The normalized spacial score (nSPS) is 11.5. The lowest BCUT2D eigenvalue weighted by Gasteiger charge is -2.25. The van der Waals surface area contributed by atoms with Crippen molar-refractivity contribution in [3.63, 3.8) is 0 Å². The third kappa shape index (κ3) is 3.02. The van der Waals surface area contributed by atoms with Gasteiger partial charge in [0.15, 0.2) is 0 Å². The third-order valence-electron chi connectivity index (χ3n) is 3.12. The Hall–Kier alpha value is -1.54. The van der Waals surface area contributed by atoms with Crippen molar-refractivity contribution in [2.75, 3.05) is 5.73 Å². The van der Waals surface area contributed by atoms with Gasteiger partial charge in [-0.25, -0.2) is 4.98 Å². The van der Waals surface area contributed by atoms with E-state index in [1.807, 2.05) is 30.5 Å². The molecule has 0 aliphatic carbocycles. The maximum absolute atomic E-state index is 5.92. The van der Waals surface area contributed by atoms with Crippen molar-refractivity contribution < 1.29 is 0 Å².